The molecule has 2 bridgehead atoms. The minimum absolute atomic E-state index is 0.0425. The summed E-state index contributed by atoms with van der Waals surface area (Å²) in [5.74, 6) is 1.16. The maximum atomic E-state index is 13.5. The van der Waals surface area contributed by atoms with E-state index in [2.05, 4.69) is 15.9 Å². The summed E-state index contributed by atoms with van der Waals surface area (Å²) < 4.78 is 0.972. The van der Waals surface area contributed by atoms with Gasteiger partial charge in [0.15, 0.2) is 5.78 Å². The van der Waals surface area contributed by atoms with E-state index in [0.717, 1.165) is 28.6 Å². The van der Waals surface area contributed by atoms with Crippen LogP contribution in [-0.4, -0.2) is 23.3 Å². The number of hydroxylamine groups is 1. The Kier molecular flexibility index (Phi) is 4.11. The number of para-hydroxylation sites is 1. The van der Waals surface area contributed by atoms with E-state index < -0.39 is 0 Å². The Bertz CT molecular complexity index is 828. The largest absolute Gasteiger partial charge is 0.292 e. The Hall–Kier alpha value is -1.36. The molecule has 0 radical (unpaired) electrons. The molecule has 26 heavy (non-hydrogen) atoms. The van der Waals surface area contributed by atoms with Crippen molar-refractivity contribution in [3.05, 3.63) is 64.6 Å². The lowest BCUT2D eigenvalue weighted by Gasteiger charge is -2.28. The third-order valence-corrected chi connectivity index (χ3v) is 7.20. The van der Waals surface area contributed by atoms with Crippen LogP contribution >= 0.6 is 27.5 Å². The zero-order valence-electron chi connectivity index (χ0n) is 14.1. The Morgan fingerprint density at radius 2 is 1.81 bits per heavy atom. The molecule has 5 rings (SSSR count). The summed E-state index contributed by atoms with van der Waals surface area (Å²) in [6, 6.07) is 17.3. The van der Waals surface area contributed by atoms with Gasteiger partial charge in [-0.05, 0) is 43.0 Å². The second-order valence-corrected chi connectivity index (χ2v) is 9.01. The van der Waals surface area contributed by atoms with Gasteiger partial charge < -0.3 is 0 Å². The van der Waals surface area contributed by atoms with Crippen molar-refractivity contribution in [2.75, 3.05) is 5.06 Å². The molecule has 5 heteroatoms. The molecule has 2 aromatic carbocycles. The lowest BCUT2D eigenvalue weighted by Crippen LogP contribution is -2.42. The van der Waals surface area contributed by atoms with Crippen LogP contribution in [-0.2, 0) is 4.84 Å². The second-order valence-electron chi connectivity index (χ2n) is 7.54. The SMILES string of the molecule is O=C(c1ccc(Br)cc1)[C@@H]1[C@@H]2[C@@H]3C[C@H]([C@@H]2ON1c1ccccc1)[C@H](Cl)C3. The van der Waals surface area contributed by atoms with Crippen LogP contribution in [0.25, 0.3) is 0 Å². The summed E-state index contributed by atoms with van der Waals surface area (Å²) >= 11 is 9.99. The van der Waals surface area contributed by atoms with Crippen molar-refractivity contribution < 1.29 is 9.63 Å². The average molecular weight is 433 g/mol. The standard InChI is InChI=1S/C21H19BrClNO2/c22-14-8-6-12(7-9-14)20(25)19-18-13-10-16(17(23)11-13)21(18)26-24(19)15-4-2-1-3-5-15/h1-9,13,16-19,21H,10-11H2/t13-,16+,17-,18+,19+,21+/m1/s1. The maximum absolute atomic E-state index is 13.5. The molecule has 0 spiro atoms. The van der Waals surface area contributed by atoms with E-state index in [9.17, 15) is 4.79 Å². The number of hydrogen-bond donors (Lipinski definition) is 0. The third kappa shape index (κ3) is 2.54. The predicted molar refractivity (Wildman–Crippen MR) is 105 cm³/mol. The molecule has 0 aromatic heterocycles. The van der Waals surface area contributed by atoms with Gasteiger partial charge in [-0.25, -0.2) is 5.06 Å². The van der Waals surface area contributed by atoms with Gasteiger partial charge >= 0.3 is 0 Å². The molecule has 0 unspecified atom stereocenters. The molecular weight excluding hydrogens is 414 g/mol. The van der Waals surface area contributed by atoms with Crippen LogP contribution in [0, 0.1) is 17.8 Å². The molecule has 1 saturated heterocycles. The normalized spacial score (nSPS) is 34.9. The molecule has 6 atom stereocenters. The minimum Gasteiger partial charge on any atom is -0.292 e. The minimum atomic E-state index is -0.289. The van der Waals surface area contributed by atoms with Crippen LogP contribution in [0.5, 0.6) is 0 Å². The molecule has 1 heterocycles. The fraction of sp³-hybridized carbons (Fsp3) is 0.381. The molecule has 2 saturated carbocycles. The van der Waals surface area contributed by atoms with Gasteiger partial charge in [0.1, 0.15) is 6.04 Å². The van der Waals surface area contributed by atoms with E-state index in [0.29, 0.717) is 11.8 Å². The van der Waals surface area contributed by atoms with Gasteiger partial charge in [0, 0.05) is 27.2 Å². The fourth-order valence-electron chi connectivity index (χ4n) is 5.07. The molecule has 3 aliphatic rings. The van der Waals surface area contributed by atoms with E-state index in [4.69, 9.17) is 16.4 Å². The van der Waals surface area contributed by atoms with Gasteiger partial charge in [-0.2, -0.15) is 0 Å². The van der Waals surface area contributed by atoms with Crippen molar-refractivity contribution in [3.8, 4) is 0 Å². The molecule has 2 aromatic rings. The van der Waals surface area contributed by atoms with Crippen molar-refractivity contribution in [2.45, 2.75) is 30.4 Å². The number of rotatable bonds is 3. The summed E-state index contributed by atoms with van der Waals surface area (Å²) in [7, 11) is 0. The highest BCUT2D eigenvalue weighted by Crippen LogP contribution is 2.57. The lowest BCUT2D eigenvalue weighted by molar-refractivity contribution is 0.0371. The number of hydrogen-bond acceptors (Lipinski definition) is 3. The van der Waals surface area contributed by atoms with Gasteiger partial charge in [0.2, 0.25) is 0 Å². The van der Waals surface area contributed by atoms with Crippen molar-refractivity contribution in [3.63, 3.8) is 0 Å². The van der Waals surface area contributed by atoms with E-state index in [-0.39, 0.29) is 29.2 Å². The molecule has 3 fully saturated rings. The quantitative estimate of drug-likeness (QED) is 0.500. The molecular formula is C21H19BrClNO2. The molecule has 3 nitrogen and oxygen atoms in total. The van der Waals surface area contributed by atoms with Crippen LogP contribution in [0.2, 0.25) is 0 Å². The topological polar surface area (TPSA) is 29.5 Å². The number of halogens is 2. The summed E-state index contributed by atoms with van der Waals surface area (Å²) in [4.78, 5) is 19.8. The maximum Gasteiger partial charge on any atom is 0.188 e. The smallest absolute Gasteiger partial charge is 0.188 e. The number of Topliss-reactive ketones (excluding diaryl/α,β-unsaturated/α-hetero) is 1. The van der Waals surface area contributed by atoms with Gasteiger partial charge in [0.05, 0.1) is 11.8 Å². The number of fused-ring (bicyclic) bond motifs is 5. The van der Waals surface area contributed by atoms with Crippen molar-refractivity contribution in [1.29, 1.82) is 0 Å². The number of carbonyl (C=O) groups is 1. The Morgan fingerprint density at radius 3 is 2.54 bits per heavy atom. The number of nitrogens with zero attached hydrogens (tertiary/aromatic N) is 1. The first-order valence-electron chi connectivity index (χ1n) is 9.08. The molecule has 134 valence electrons. The molecule has 2 aliphatic carbocycles. The van der Waals surface area contributed by atoms with E-state index in [1.807, 2.05) is 59.7 Å². The van der Waals surface area contributed by atoms with E-state index in [1.54, 1.807) is 0 Å². The highest BCUT2D eigenvalue weighted by molar-refractivity contribution is 9.10. The van der Waals surface area contributed by atoms with Gasteiger partial charge in [-0.3, -0.25) is 9.63 Å². The van der Waals surface area contributed by atoms with Crippen LogP contribution in [0.4, 0.5) is 5.69 Å². The Balaban J connectivity index is 1.54. The van der Waals surface area contributed by atoms with Gasteiger partial charge in [-0.1, -0.05) is 46.3 Å². The number of carbonyl (C=O) groups excluding carboxylic acids is 1. The van der Waals surface area contributed by atoms with Crippen LogP contribution in [0.3, 0.4) is 0 Å². The zero-order valence-corrected chi connectivity index (χ0v) is 16.4. The summed E-state index contributed by atoms with van der Waals surface area (Å²) in [6.45, 7) is 0. The third-order valence-electron chi connectivity index (χ3n) is 6.17. The lowest BCUT2D eigenvalue weighted by atomic mass is 9.79. The highest BCUT2D eigenvalue weighted by atomic mass is 79.9. The van der Waals surface area contributed by atoms with Crippen LogP contribution in [0.15, 0.2) is 59.1 Å². The summed E-state index contributed by atoms with van der Waals surface area (Å²) in [5.41, 5.74) is 1.66. The first-order valence-corrected chi connectivity index (χ1v) is 10.3. The van der Waals surface area contributed by atoms with Crippen LogP contribution in [0.1, 0.15) is 23.2 Å². The molecule has 0 N–H and O–H groups in total. The summed E-state index contributed by atoms with van der Waals surface area (Å²) in [5, 5.41) is 2.02. The van der Waals surface area contributed by atoms with Crippen LogP contribution < -0.4 is 5.06 Å². The van der Waals surface area contributed by atoms with Crippen molar-refractivity contribution in [1.82, 2.24) is 0 Å². The van der Waals surface area contributed by atoms with Gasteiger partial charge in [-0.15, -0.1) is 11.6 Å². The second kappa shape index (κ2) is 6.36. The first kappa shape index (κ1) is 16.8. The summed E-state index contributed by atoms with van der Waals surface area (Å²) in [6.07, 6.45) is 2.11. The predicted octanol–water partition coefficient (Wildman–Crippen LogP) is 5.08. The first-order chi connectivity index (χ1) is 12.6. The van der Waals surface area contributed by atoms with E-state index in [1.165, 1.54) is 0 Å². The van der Waals surface area contributed by atoms with E-state index >= 15 is 0 Å². The average Bonchev–Trinajstić information content (AvgIpc) is 3.32. The number of ketones is 1. The fourth-order valence-corrected chi connectivity index (χ4v) is 5.81. The monoisotopic (exact) mass is 431 g/mol. The Morgan fingerprint density at radius 1 is 1.08 bits per heavy atom. The zero-order chi connectivity index (χ0) is 17.8. The number of alkyl halides is 1. The highest BCUT2D eigenvalue weighted by Gasteiger charge is 2.62. The number of benzene rings is 2. The molecule has 1 aliphatic heterocycles. The van der Waals surface area contributed by atoms with Gasteiger partial charge in [0.25, 0.3) is 0 Å². The molecule has 0 amide bonds. The number of anilines is 1. The van der Waals surface area contributed by atoms with Crippen molar-refractivity contribution in [2.24, 2.45) is 17.8 Å². The van der Waals surface area contributed by atoms with Crippen molar-refractivity contribution >= 4 is 39.0 Å². The Labute approximate surface area is 166 Å².